The Morgan fingerprint density at radius 1 is 1.03 bits per heavy atom. The molecule has 2 saturated heterocycles. The second-order valence-electron chi connectivity index (χ2n) is 8.52. The first-order valence-corrected chi connectivity index (χ1v) is 12.0. The number of nitrogens with zero attached hydrogens (tertiary/aromatic N) is 2. The summed E-state index contributed by atoms with van der Waals surface area (Å²) in [5.74, 6) is -0.0594. The van der Waals surface area contributed by atoms with E-state index in [0.29, 0.717) is 61.3 Å². The van der Waals surface area contributed by atoms with E-state index in [1.807, 2.05) is 6.92 Å². The van der Waals surface area contributed by atoms with Gasteiger partial charge in [0.15, 0.2) is 11.5 Å². The predicted octanol–water partition coefficient (Wildman–Crippen LogP) is 2.86. The molecule has 2 heterocycles. The van der Waals surface area contributed by atoms with Gasteiger partial charge in [0, 0.05) is 31.7 Å². The number of carbonyl (C=O) groups is 2. The Bertz CT molecular complexity index is 1140. The van der Waals surface area contributed by atoms with Crippen LogP contribution >= 0.6 is 0 Å². The number of Topliss-reactive ketones (excluding diaryl/α,β-unsaturated/α-hetero) is 1. The molecule has 36 heavy (non-hydrogen) atoms. The molecule has 0 aliphatic carbocycles. The lowest BCUT2D eigenvalue weighted by Crippen LogP contribution is -2.42. The molecule has 0 spiro atoms. The molecule has 1 N–H and O–H groups in total. The molecule has 2 aliphatic heterocycles. The number of hydrogen-bond acceptors (Lipinski definition) is 8. The second-order valence-corrected chi connectivity index (χ2v) is 8.52. The number of amides is 1. The third-order valence-electron chi connectivity index (χ3n) is 6.45. The summed E-state index contributed by atoms with van der Waals surface area (Å²) in [5.41, 5.74) is 1.06. The van der Waals surface area contributed by atoms with Crippen molar-refractivity contribution in [3.63, 3.8) is 0 Å². The number of morpholine rings is 1. The van der Waals surface area contributed by atoms with Crippen molar-refractivity contribution < 1.29 is 33.6 Å². The highest BCUT2D eigenvalue weighted by Crippen LogP contribution is 2.42. The normalized spacial score (nSPS) is 20.0. The smallest absolute Gasteiger partial charge is 0.295 e. The van der Waals surface area contributed by atoms with E-state index in [1.165, 1.54) is 19.1 Å². The van der Waals surface area contributed by atoms with Crippen LogP contribution in [-0.2, 0) is 14.3 Å². The molecular formula is C27H32N2O7. The van der Waals surface area contributed by atoms with Gasteiger partial charge in [-0.25, -0.2) is 0 Å². The van der Waals surface area contributed by atoms with Gasteiger partial charge in [0.25, 0.3) is 11.7 Å². The largest absolute Gasteiger partial charge is 0.507 e. The molecule has 2 aromatic rings. The second kappa shape index (κ2) is 11.5. The van der Waals surface area contributed by atoms with Crippen LogP contribution < -0.4 is 14.2 Å². The number of rotatable bonds is 9. The molecule has 4 rings (SSSR count). The lowest BCUT2D eigenvalue weighted by atomic mass is 9.95. The van der Waals surface area contributed by atoms with Gasteiger partial charge in [-0.3, -0.25) is 14.5 Å². The summed E-state index contributed by atoms with van der Waals surface area (Å²) >= 11 is 0. The van der Waals surface area contributed by atoms with Crippen molar-refractivity contribution in [2.45, 2.75) is 13.0 Å². The molecule has 2 fully saturated rings. The van der Waals surface area contributed by atoms with Crippen molar-refractivity contribution in [2.24, 2.45) is 0 Å². The number of hydrogen-bond donors (Lipinski definition) is 1. The molecule has 0 radical (unpaired) electrons. The first-order valence-electron chi connectivity index (χ1n) is 12.0. The fraction of sp³-hybridized carbons (Fsp3) is 0.407. The lowest BCUT2D eigenvalue weighted by Gasteiger charge is -2.31. The van der Waals surface area contributed by atoms with Crippen LogP contribution in [0.15, 0.2) is 48.0 Å². The maximum atomic E-state index is 13.3. The van der Waals surface area contributed by atoms with Crippen LogP contribution in [0.4, 0.5) is 0 Å². The van der Waals surface area contributed by atoms with Crippen LogP contribution in [0.1, 0.15) is 24.1 Å². The van der Waals surface area contributed by atoms with Crippen LogP contribution in [0, 0.1) is 0 Å². The molecule has 1 unspecified atom stereocenters. The van der Waals surface area contributed by atoms with E-state index in [4.69, 9.17) is 18.9 Å². The number of benzene rings is 2. The highest BCUT2D eigenvalue weighted by Gasteiger charge is 2.46. The predicted molar refractivity (Wildman–Crippen MR) is 133 cm³/mol. The monoisotopic (exact) mass is 496 g/mol. The fourth-order valence-corrected chi connectivity index (χ4v) is 4.59. The van der Waals surface area contributed by atoms with Gasteiger partial charge in [-0.1, -0.05) is 18.2 Å². The van der Waals surface area contributed by atoms with Gasteiger partial charge in [-0.05, 0) is 36.8 Å². The van der Waals surface area contributed by atoms with E-state index in [0.717, 1.165) is 13.1 Å². The minimum atomic E-state index is -0.790. The van der Waals surface area contributed by atoms with E-state index in [-0.39, 0.29) is 11.3 Å². The van der Waals surface area contributed by atoms with Crippen LogP contribution in [0.5, 0.6) is 17.2 Å². The molecular weight excluding hydrogens is 464 g/mol. The number of ketones is 1. The Balaban J connectivity index is 1.78. The highest BCUT2D eigenvalue weighted by molar-refractivity contribution is 6.46. The van der Waals surface area contributed by atoms with Crippen LogP contribution in [0.2, 0.25) is 0 Å². The number of likely N-dealkylation sites (tertiary alicyclic amines) is 1. The topological polar surface area (TPSA) is 97.8 Å². The maximum absolute atomic E-state index is 13.3. The minimum Gasteiger partial charge on any atom is -0.507 e. The Morgan fingerprint density at radius 3 is 2.50 bits per heavy atom. The van der Waals surface area contributed by atoms with Crippen molar-refractivity contribution in [2.75, 3.05) is 60.2 Å². The molecule has 9 nitrogen and oxygen atoms in total. The van der Waals surface area contributed by atoms with Crippen LogP contribution in [-0.4, -0.2) is 86.8 Å². The van der Waals surface area contributed by atoms with Crippen molar-refractivity contribution in [1.29, 1.82) is 0 Å². The first kappa shape index (κ1) is 25.5. The summed E-state index contributed by atoms with van der Waals surface area (Å²) in [5, 5.41) is 11.3. The average Bonchev–Trinajstić information content (AvgIpc) is 3.17. The molecule has 1 amide bonds. The lowest BCUT2D eigenvalue weighted by molar-refractivity contribution is -0.140. The number of aliphatic hydroxyl groups is 1. The fourth-order valence-electron chi connectivity index (χ4n) is 4.59. The van der Waals surface area contributed by atoms with E-state index >= 15 is 0 Å². The average molecular weight is 497 g/mol. The van der Waals surface area contributed by atoms with Crippen molar-refractivity contribution in [3.05, 3.63) is 59.2 Å². The summed E-state index contributed by atoms with van der Waals surface area (Å²) < 4.78 is 21.9. The van der Waals surface area contributed by atoms with Gasteiger partial charge in [-0.2, -0.15) is 0 Å². The Kier molecular flexibility index (Phi) is 8.12. The molecule has 9 heteroatoms. The number of aliphatic hydroxyl groups excluding tert-OH is 1. The van der Waals surface area contributed by atoms with E-state index in [2.05, 4.69) is 4.90 Å². The van der Waals surface area contributed by atoms with E-state index in [1.54, 1.807) is 42.5 Å². The number of methoxy groups -OCH3 is 2. The van der Waals surface area contributed by atoms with Gasteiger partial charge in [0.05, 0.1) is 45.7 Å². The Morgan fingerprint density at radius 2 is 1.81 bits per heavy atom. The van der Waals surface area contributed by atoms with E-state index in [9.17, 15) is 14.7 Å². The first-order chi connectivity index (χ1) is 17.5. The van der Waals surface area contributed by atoms with Crippen LogP contribution in [0.3, 0.4) is 0 Å². The van der Waals surface area contributed by atoms with E-state index < -0.39 is 17.7 Å². The zero-order chi connectivity index (χ0) is 25.7. The third-order valence-corrected chi connectivity index (χ3v) is 6.45. The van der Waals surface area contributed by atoms with Crippen molar-refractivity contribution in [1.82, 2.24) is 9.80 Å². The van der Waals surface area contributed by atoms with Gasteiger partial charge >= 0.3 is 0 Å². The molecule has 0 aromatic heterocycles. The zero-order valence-corrected chi connectivity index (χ0v) is 20.9. The zero-order valence-electron chi connectivity index (χ0n) is 20.9. The number of ether oxygens (including phenoxy) is 4. The molecule has 2 aliphatic rings. The Hall–Kier alpha value is -3.56. The highest BCUT2D eigenvalue weighted by atomic mass is 16.5. The standard InChI is InChI=1S/C27H32N2O7/c1-4-36-21-9-8-18(17-22(21)34-3)24-23(25(30)19-6-5-7-20(16-19)33-2)26(31)27(32)29(24)11-10-28-12-14-35-15-13-28/h5-9,16-17,24,30H,4,10-15H2,1-3H3. The number of carbonyl (C=O) groups excluding carboxylic acids is 2. The summed E-state index contributed by atoms with van der Waals surface area (Å²) in [6.07, 6.45) is 0. The maximum Gasteiger partial charge on any atom is 0.295 e. The third kappa shape index (κ3) is 5.17. The molecule has 192 valence electrons. The molecule has 2 aromatic carbocycles. The molecule has 0 bridgehead atoms. The summed E-state index contributed by atoms with van der Waals surface area (Å²) in [6.45, 7) is 6.03. The Labute approximate surface area is 210 Å². The van der Waals surface area contributed by atoms with Crippen molar-refractivity contribution >= 4 is 17.4 Å². The van der Waals surface area contributed by atoms with Gasteiger partial charge in [-0.15, -0.1) is 0 Å². The quantitative estimate of drug-likeness (QED) is 0.322. The minimum absolute atomic E-state index is 0.0291. The van der Waals surface area contributed by atoms with Gasteiger partial charge < -0.3 is 29.0 Å². The van der Waals surface area contributed by atoms with Gasteiger partial charge in [0.1, 0.15) is 11.5 Å². The molecule has 0 saturated carbocycles. The van der Waals surface area contributed by atoms with Crippen molar-refractivity contribution in [3.8, 4) is 17.2 Å². The summed E-state index contributed by atoms with van der Waals surface area (Å²) in [4.78, 5) is 30.3. The summed E-state index contributed by atoms with van der Waals surface area (Å²) in [6, 6.07) is 11.3. The van der Waals surface area contributed by atoms with Crippen LogP contribution in [0.25, 0.3) is 5.76 Å². The SMILES string of the molecule is CCOc1ccc(C2C(=C(O)c3cccc(OC)c3)C(=O)C(=O)N2CCN2CCOCC2)cc1OC. The molecule has 1 atom stereocenters. The summed E-state index contributed by atoms with van der Waals surface area (Å²) in [7, 11) is 3.06. The van der Waals surface area contributed by atoms with Gasteiger partial charge in [0.2, 0.25) is 0 Å².